The molecular formula is C46H50N3Na3O16S4. The molecule has 3 aromatic rings. The summed E-state index contributed by atoms with van der Waals surface area (Å²) in [5.74, 6) is -3.35. The zero-order valence-electron chi connectivity index (χ0n) is 41.1. The zero-order valence-corrected chi connectivity index (χ0v) is 50.3. The van der Waals surface area contributed by atoms with E-state index in [1.807, 2.05) is 12.1 Å². The van der Waals surface area contributed by atoms with Crippen molar-refractivity contribution in [2.45, 2.75) is 99.7 Å². The van der Waals surface area contributed by atoms with Crippen molar-refractivity contribution in [3.63, 3.8) is 0 Å². The third-order valence-corrected chi connectivity index (χ3v) is 15.5. The number of aryl methyl sites for hydroxylation is 1. The Morgan fingerprint density at radius 2 is 1.29 bits per heavy atom. The van der Waals surface area contributed by atoms with Crippen molar-refractivity contribution in [3.05, 3.63) is 113 Å². The molecule has 0 N–H and O–H groups in total. The smallest absolute Gasteiger partial charge is 0.748 e. The van der Waals surface area contributed by atoms with Gasteiger partial charge in [0.2, 0.25) is 5.69 Å². The summed E-state index contributed by atoms with van der Waals surface area (Å²) in [6.45, 7) is 7.14. The molecule has 0 radical (unpaired) electrons. The zero-order chi connectivity index (χ0) is 50.9. The van der Waals surface area contributed by atoms with E-state index >= 15 is 0 Å². The van der Waals surface area contributed by atoms with Crippen LogP contribution in [0.25, 0.3) is 5.57 Å². The number of rotatable bonds is 20. The van der Waals surface area contributed by atoms with Crippen molar-refractivity contribution >= 4 is 80.9 Å². The van der Waals surface area contributed by atoms with E-state index in [-0.39, 0.29) is 134 Å². The van der Waals surface area contributed by atoms with Gasteiger partial charge in [-0.1, -0.05) is 44.2 Å². The number of anilines is 1. The first-order chi connectivity index (χ1) is 32.0. The second-order valence-corrected chi connectivity index (χ2v) is 23.7. The summed E-state index contributed by atoms with van der Waals surface area (Å²) >= 11 is 0. The van der Waals surface area contributed by atoms with E-state index in [0.717, 1.165) is 17.7 Å². The van der Waals surface area contributed by atoms with Crippen molar-refractivity contribution in [2.75, 3.05) is 29.5 Å². The molecule has 1 fully saturated rings. The molecule has 1 saturated heterocycles. The number of imide groups is 1. The van der Waals surface area contributed by atoms with Crippen LogP contribution >= 0.6 is 0 Å². The van der Waals surface area contributed by atoms with Crippen LogP contribution in [-0.2, 0) is 76.9 Å². The van der Waals surface area contributed by atoms with Crippen molar-refractivity contribution < 1.29 is 164 Å². The normalized spacial score (nSPS) is 17.2. The number of carbonyl (C=O) groups excluding carboxylic acids is 3. The number of fused-ring (bicyclic) bond motifs is 2. The first-order valence-electron chi connectivity index (χ1n) is 21.7. The molecule has 3 aliphatic rings. The quantitative estimate of drug-likeness (QED) is 0.0257. The standard InChI is InChI=1S/C46H53N3O16S4.3Na/c1-45(2)36-29-33(68(59,60)61)17-19-38(36)47(25-9-27-66(53,54)55)40(45)21-15-32(35-13-7-5-11-31(35)12-6-8-14-44(52)65-49-42(50)23-24-43(49)51)16-22-41-46(3,4)37-30-34(69(62,63)64)18-20-39(37)48(41)26-10-28-67(56,57)58;;;/h5,7,11,13,15-22,29-30H,6,8-10,12,14,23-28H2,1-4H3,(H3-,53,54,55,56,57,58,59,60,61,62,63,64);;;/q;3*+1/p-3. The van der Waals surface area contributed by atoms with Gasteiger partial charge in [-0.3, -0.25) is 9.59 Å². The summed E-state index contributed by atoms with van der Waals surface area (Å²) in [5.41, 5.74) is 2.88. The number of amides is 2. The average molecular weight is 1100 g/mol. The number of benzene rings is 3. The van der Waals surface area contributed by atoms with Crippen LogP contribution in [0.1, 0.15) is 94.9 Å². The number of nitrogens with zero attached hydrogens (tertiary/aromatic N) is 3. The summed E-state index contributed by atoms with van der Waals surface area (Å²) in [6.07, 6.45) is 7.74. The Labute approximate surface area is 487 Å². The third-order valence-electron chi connectivity index (χ3n) is 12.3. The molecule has 26 heteroatoms. The number of hydrogen-bond acceptors (Lipinski definition) is 17. The van der Waals surface area contributed by atoms with Crippen molar-refractivity contribution in [1.82, 2.24) is 5.06 Å². The molecular weight excluding hydrogens is 1050 g/mol. The Morgan fingerprint density at radius 3 is 1.89 bits per heavy atom. The SMILES string of the molecule is CC1(C)C(/C=C/C(=C/C=C2/N(CCCS(=O)(=O)[O-])c3ccc(S(=O)(=O)[O-])cc3C2(C)C)c2ccccc2CCCCC(=O)ON2C(=O)CCC2=O)=[N+](CCCS(=O)(=O)[O-])c2ccc(S(=O)(=O)[O-])cc21.[Na+].[Na+].[Na+]. The molecule has 0 saturated carbocycles. The minimum Gasteiger partial charge on any atom is -0.748 e. The number of hydroxylamine groups is 2. The van der Waals surface area contributed by atoms with Gasteiger partial charge < -0.3 is 27.9 Å². The first-order valence-corrected chi connectivity index (χ1v) is 27.7. The number of unbranched alkanes of at least 4 members (excludes halogenated alkanes) is 1. The Morgan fingerprint density at radius 1 is 0.722 bits per heavy atom. The van der Waals surface area contributed by atoms with Crippen LogP contribution in [0.5, 0.6) is 0 Å². The second-order valence-electron chi connectivity index (χ2n) is 17.9. The minimum atomic E-state index is -4.89. The van der Waals surface area contributed by atoms with Gasteiger partial charge in [-0.25, -0.2) is 38.5 Å². The summed E-state index contributed by atoms with van der Waals surface area (Å²) in [6, 6.07) is 15.0. The van der Waals surface area contributed by atoms with E-state index in [2.05, 4.69) is 0 Å². The van der Waals surface area contributed by atoms with Gasteiger partial charge >= 0.3 is 94.6 Å². The fourth-order valence-corrected chi connectivity index (χ4v) is 10.8. The van der Waals surface area contributed by atoms with Gasteiger partial charge in [0.25, 0.3) is 11.8 Å². The van der Waals surface area contributed by atoms with Gasteiger partial charge in [-0.15, -0.1) is 5.06 Å². The van der Waals surface area contributed by atoms with E-state index < -0.39 is 90.4 Å². The Bertz CT molecular complexity index is 3170. The molecule has 0 atom stereocenters. The van der Waals surface area contributed by atoms with E-state index in [9.17, 15) is 66.3 Å². The topological polar surface area (TPSA) is 299 Å². The third kappa shape index (κ3) is 15.6. The molecule has 0 aromatic heterocycles. The van der Waals surface area contributed by atoms with E-state index in [1.165, 1.54) is 24.3 Å². The van der Waals surface area contributed by atoms with Crippen LogP contribution < -0.4 is 93.6 Å². The first kappa shape index (κ1) is 63.9. The van der Waals surface area contributed by atoms with Crippen molar-refractivity contribution in [3.8, 4) is 0 Å². The molecule has 3 aromatic carbocycles. The van der Waals surface area contributed by atoms with Crippen LogP contribution in [0.3, 0.4) is 0 Å². The fourth-order valence-electron chi connectivity index (χ4n) is 8.88. The molecule has 72 heavy (non-hydrogen) atoms. The molecule has 0 aliphatic carbocycles. The van der Waals surface area contributed by atoms with Crippen molar-refractivity contribution in [2.24, 2.45) is 0 Å². The molecule has 0 unspecified atom stereocenters. The molecule has 3 heterocycles. The van der Waals surface area contributed by atoms with Crippen molar-refractivity contribution in [1.29, 1.82) is 0 Å². The molecule has 19 nitrogen and oxygen atoms in total. The predicted molar refractivity (Wildman–Crippen MR) is 247 cm³/mol. The maximum atomic E-state index is 12.6. The van der Waals surface area contributed by atoms with E-state index in [0.29, 0.717) is 69.4 Å². The van der Waals surface area contributed by atoms with Gasteiger partial charge in [-0.05, 0) is 104 Å². The molecule has 3 aliphatic heterocycles. The summed E-state index contributed by atoms with van der Waals surface area (Å²) in [4.78, 5) is 42.3. The van der Waals surface area contributed by atoms with Crippen LogP contribution in [-0.4, -0.2) is 110 Å². The molecule has 0 spiro atoms. The van der Waals surface area contributed by atoms with Crippen LogP contribution in [0.15, 0.2) is 100 Å². The van der Waals surface area contributed by atoms with Crippen LogP contribution in [0.4, 0.5) is 11.4 Å². The number of allylic oxidation sites excluding steroid dienone is 6. The minimum absolute atomic E-state index is 0. The summed E-state index contributed by atoms with van der Waals surface area (Å²) in [7, 11) is -19.0. The number of carbonyl (C=O) groups is 3. The van der Waals surface area contributed by atoms with E-state index in [4.69, 9.17) is 4.84 Å². The van der Waals surface area contributed by atoms with Gasteiger partial charge in [0.1, 0.15) is 26.8 Å². The summed E-state index contributed by atoms with van der Waals surface area (Å²) in [5, 5.41) is 0.483. The fraction of sp³-hybridized carbons (Fsp3) is 0.391. The second kappa shape index (κ2) is 25.2. The molecule has 2 amide bonds. The Kier molecular flexibility index (Phi) is 22.3. The Balaban J connectivity index is 0.00000456. The van der Waals surface area contributed by atoms with Gasteiger partial charge in [0, 0.05) is 78.2 Å². The van der Waals surface area contributed by atoms with Crippen LogP contribution in [0.2, 0.25) is 0 Å². The predicted octanol–water partition coefficient (Wildman–Crippen LogP) is -4.60. The maximum absolute atomic E-state index is 12.6. The molecule has 372 valence electrons. The average Bonchev–Trinajstić information content (AvgIpc) is 3.75. The summed E-state index contributed by atoms with van der Waals surface area (Å²) < 4.78 is 145. The largest absolute Gasteiger partial charge is 1.00 e. The van der Waals surface area contributed by atoms with E-state index in [1.54, 1.807) is 73.6 Å². The van der Waals surface area contributed by atoms with Gasteiger partial charge in [0.15, 0.2) is 5.71 Å². The molecule has 6 rings (SSSR count). The van der Waals surface area contributed by atoms with Gasteiger partial charge in [-0.2, -0.15) is 4.58 Å². The van der Waals surface area contributed by atoms with Gasteiger partial charge in [0.05, 0.1) is 35.4 Å². The molecule has 0 bridgehead atoms. The maximum Gasteiger partial charge on any atom is 1.00 e. The number of hydrogen-bond donors (Lipinski definition) is 0. The van der Waals surface area contributed by atoms with Crippen LogP contribution in [0, 0.1) is 0 Å². The monoisotopic (exact) mass is 1100 g/mol. The Hall–Kier alpha value is -2.40.